The van der Waals surface area contributed by atoms with Crippen LogP contribution in [0.5, 0.6) is 0 Å². The van der Waals surface area contributed by atoms with Crippen molar-refractivity contribution in [3.63, 3.8) is 0 Å². The van der Waals surface area contributed by atoms with Crippen LogP contribution in [0, 0.1) is 6.92 Å². The van der Waals surface area contributed by atoms with Gasteiger partial charge in [-0.2, -0.15) is 0 Å². The first-order chi connectivity index (χ1) is 11.4. The maximum absolute atomic E-state index is 11.4. The van der Waals surface area contributed by atoms with Crippen molar-refractivity contribution in [2.75, 3.05) is 0 Å². The van der Waals surface area contributed by atoms with Crippen molar-refractivity contribution >= 4 is 22.8 Å². The number of carbonyl (C=O) groups excluding carboxylic acids is 1. The first-order valence-corrected chi connectivity index (χ1v) is 9.54. The van der Waals surface area contributed by atoms with Crippen LogP contribution in [0.3, 0.4) is 0 Å². The number of benzene rings is 1. The lowest BCUT2D eigenvalue weighted by atomic mass is 10.1. The van der Waals surface area contributed by atoms with Gasteiger partial charge in [0.1, 0.15) is 5.78 Å². The molecule has 132 valence electrons. The van der Waals surface area contributed by atoms with E-state index in [9.17, 15) is 4.79 Å². The molecule has 0 aliphatic rings. The third-order valence-electron chi connectivity index (χ3n) is 4.05. The van der Waals surface area contributed by atoms with Crippen molar-refractivity contribution in [3.8, 4) is 0 Å². The monoisotopic (exact) mass is 346 g/mol. The van der Waals surface area contributed by atoms with Gasteiger partial charge in [0.15, 0.2) is 4.80 Å². The fraction of sp³-hybridized carbons (Fsp3) is 0.500. The molecule has 0 saturated carbocycles. The Labute approximate surface area is 150 Å². The molecule has 0 fully saturated rings. The standard InChI is InChI=1S/C18H24N2OS.C2H6/c1-6-12(2)17-14(4)20(5)18(22-17)19-16-10-8-7-9-15(16)11-13(3)21;1-2/h7-10,12H,6,11H2,1-5H3;1-2H3. The molecule has 0 saturated heterocycles. The summed E-state index contributed by atoms with van der Waals surface area (Å²) >= 11 is 1.75. The Morgan fingerprint density at radius 1 is 1.29 bits per heavy atom. The van der Waals surface area contributed by atoms with Crippen molar-refractivity contribution in [3.05, 3.63) is 45.2 Å². The second-order valence-corrected chi connectivity index (χ2v) is 6.83. The SMILES string of the molecule is CC.CCC(C)c1sc(=Nc2ccccc2CC(C)=O)n(C)c1C. The molecule has 0 amide bonds. The van der Waals surface area contributed by atoms with Crippen LogP contribution < -0.4 is 4.80 Å². The van der Waals surface area contributed by atoms with E-state index in [-0.39, 0.29) is 5.78 Å². The number of hydrogen-bond donors (Lipinski definition) is 0. The van der Waals surface area contributed by atoms with E-state index in [1.54, 1.807) is 18.3 Å². The van der Waals surface area contributed by atoms with Crippen LogP contribution in [0.25, 0.3) is 0 Å². The van der Waals surface area contributed by atoms with E-state index < -0.39 is 0 Å². The second kappa shape index (κ2) is 9.58. The Kier molecular flexibility index (Phi) is 8.13. The molecule has 0 radical (unpaired) electrons. The van der Waals surface area contributed by atoms with Crippen molar-refractivity contribution in [2.24, 2.45) is 12.0 Å². The van der Waals surface area contributed by atoms with E-state index in [1.807, 2.05) is 38.1 Å². The highest BCUT2D eigenvalue weighted by atomic mass is 32.1. The largest absolute Gasteiger partial charge is 0.324 e. The quantitative estimate of drug-likeness (QED) is 0.723. The van der Waals surface area contributed by atoms with Gasteiger partial charge in [-0.25, -0.2) is 4.99 Å². The fourth-order valence-corrected chi connectivity index (χ4v) is 3.70. The predicted molar refractivity (Wildman–Crippen MR) is 104 cm³/mol. The molecule has 24 heavy (non-hydrogen) atoms. The Morgan fingerprint density at radius 2 is 1.92 bits per heavy atom. The molecule has 0 N–H and O–H groups in total. The number of para-hydroxylation sites is 1. The molecule has 0 aliphatic carbocycles. The Balaban J connectivity index is 0.00000139. The van der Waals surface area contributed by atoms with Gasteiger partial charge in [0.25, 0.3) is 0 Å². The van der Waals surface area contributed by atoms with Gasteiger partial charge in [0.2, 0.25) is 0 Å². The van der Waals surface area contributed by atoms with E-state index in [4.69, 9.17) is 4.99 Å². The number of aromatic nitrogens is 1. The zero-order valence-corrected chi connectivity index (χ0v) is 16.8. The second-order valence-electron chi connectivity index (χ2n) is 5.82. The average Bonchev–Trinajstić information content (AvgIpc) is 2.86. The summed E-state index contributed by atoms with van der Waals surface area (Å²) in [6.45, 7) is 12.2. The highest BCUT2D eigenvalue weighted by Gasteiger charge is 2.13. The first kappa shape index (κ1) is 20.4. The summed E-state index contributed by atoms with van der Waals surface area (Å²) < 4.78 is 2.15. The highest BCUT2D eigenvalue weighted by molar-refractivity contribution is 7.09. The van der Waals surface area contributed by atoms with Crippen LogP contribution in [0.15, 0.2) is 29.3 Å². The van der Waals surface area contributed by atoms with Crippen molar-refractivity contribution in [1.29, 1.82) is 0 Å². The molecule has 4 heteroatoms. The summed E-state index contributed by atoms with van der Waals surface area (Å²) in [4.78, 5) is 18.6. The zero-order valence-electron chi connectivity index (χ0n) is 16.0. The number of rotatable bonds is 5. The molecule has 1 aromatic carbocycles. The predicted octanol–water partition coefficient (Wildman–Crippen LogP) is 5.30. The van der Waals surface area contributed by atoms with Crippen molar-refractivity contribution in [2.45, 2.75) is 60.3 Å². The van der Waals surface area contributed by atoms with Crippen LogP contribution in [-0.2, 0) is 18.3 Å². The maximum Gasteiger partial charge on any atom is 0.190 e. The van der Waals surface area contributed by atoms with Crippen LogP contribution in [-0.4, -0.2) is 10.4 Å². The third kappa shape index (κ3) is 4.91. The van der Waals surface area contributed by atoms with E-state index in [2.05, 4.69) is 32.4 Å². The van der Waals surface area contributed by atoms with Gasteiger partial charge in [0.05, 0.1) is 5.69 Å². The topological polar surface area (TPSA) is 34.4 Å². The minimum absolute atomic E-state index is 0.162. The molecular formula is C20H30N2OS. The molecule has 1 atom stereocenters. The third-order valence-corrected chi connectivity index (χ3v) is 5.52. The summed E-state index contributed by atoms with van der Waals surface area (Å²) in [6.07, 6.45) is 1.56. The number of nitrogens with zero attached hydrogens (tertiary/aromatic N) is 2. The molecule has 1 aromatic heterocycles. The summed E-state index contributed by atoms with van der Waals surface area (Å²) in [6, 6.07) is 7.90. The summed E-state index contributed by atoms with van der Waals surface area (Å²) in [7, 11) is 2.06. The van der Waals surface area contributed by atoms with Gasteiger partial charge in [-0.3, -0.25) is 4.79 Å². The molecule has 0 bridgehead atoms. The van der Waals surface area contributed by atoms with Crippen LogP contribution in [0.2, 0.25) is 0 Å². The van der Waals surface area contributed by atoms with E-state index >= 15 is 0 Å². The summed E-state index contributed by atoms with van der Waals surface area (Å²) in [5, 5.41) is 0. The van der Waals surface area contributed by atoms with Gasteiger partial charge in [-0.1, -0.05) is 45.9 Å². The number of Topliss-reactive ketones (excluding diaryl/α,β-unsaturated/α-hetero) is 1. The van der Waals surface area contributed by atoms with Crippen molar-refractivity contribution < 1.29 is 4.79 Å². The van der Waals surface area contributed by atoms with Crippen molar-refractivity contribution in [1.82, 2.24) is 4.57 Å². The molecule has 2 rings (SSSR count). The van der Waals surface area contributed by atoms with E-state index in [0.29, 0.717) is 12.3 Å². The lowest BCUT2D eigenvalue weighted by Gasteiger charge is -2.06. The Hall–Kier alpha value is -1.68. The van der Waals surface area contributed by atoms with Crippen LogP contribution in [0.1, 0.15) is 63.1 Å². The molecule has 2 aromatic rings. The Bertz CT molecular complexity index is 740. The van der Waals surface area contributed by atoms with Crippen LogP contribution >= 0.6 is 11.3 Å². The molecule has 0 aliphatic heterocycles. The summed E-state index contributed by atoms with van der Waals surface area (Å²) in [5.74, 6) is 0.710. The molecule has 1 unspecified atom stereocenters. The number of hydrogen-bond acceptors (Lipinski definition) is 3. The number of ketones is 1. The molecule has 0 spiro atoms. The number of thiazole rings is 1. The first-order valence-electron chi connectivity index (χ1n) is 8.72. The number of carbonyl (C=O) groups is 1. The summed E-state index contributed by atoms with van der Waals surface area (Å²) in [5.41, 5.74) is 3.17. The van der Waals surface area contributed by atoms with E-state index in [0.717, 1.165) is 22.5 Å². The molecule has 3 nitrogen and oxygen atoms in total. The Morgan fingerprint density at radius 3 is 2.50 bits per heavy atom. The van der Waals surface area contributed by atoms with Crippen LogP contribution in [0.4, 0.5) is 5.69 Å². The van der Waals surface area contributed by atoms with Gasteiger partial charge in [-0.15, -0.1) is 11.3 Å². The fourth-order valence-electron chi connectivity index (χ4n) is 2.43. The smallest absolute Gasteiger partial charge is 0.190 e. The lowest BCUT2D eigenvalue weighted by Crippen LogP contribution is -2.11. The molecule has 1 heterocycles. The van der Waals surface area contributed by atoms with Gasteiger partial charge in [-0.05, 0) is 37.8 Å². The van der Waals surface area contributed by atoms with Gasteiger partial charge in [0, 0.05) is 24.0 Å². The maximum atomic E-state index is 11.4. The van der Waals surface area contributed by atoms with Gasteiger partial charge < -0.3 is 4.57 Å². The minimum Gasteiger partial charge on any atom is -0.324 e. The average molecular weight is 347 g/mol. The minimum atomic E-state index is 0.162. The highest BCUT2D eigenvalue weighted by Crippen LogP contribution is 2.26. The van der Waals surface area contributed by atoms with E-state index in [1.165, 1.54) is 10.6 Å². The lowest BCUT2D eigenvalue weighted by molar-refractivity contribution is -0.116. The molecular weight excluding hydrogens is 316 g/mol. The van der Waals surface area contributed by atoms with Gasteiger partial charge >= 0.3 is 0 Å². The normalized spacial score (nSPS) is 12.5. The zero-order chi connectivity index (χ0) is 18.3.